The minimum Gasteiger partial charge on any atom is -0.256 e. The van der Waals surface area contributed by atoms with E-state index in [9.17, 15) is 22.0 Å². The molecule has 0 saturated carbocycles. The molecule has 0 radical (unpaired) electrons. The zero-order chi connectivity index (χ0) is 14.3. The fourth-order valence-electron chi connectivity index (χ4n) is 1.59. The lowest BCUT2D eigenvalue weighted by molar-refractivity contribution is -0.253. The minimum absolute atomic E-state index is 0.332. The number of fused-ring (bicyclic) bond motifs is 1. The second-order valence-electron chi connectivity index (χ2n) is 3.97. The molecule has 0 amide bonds. The molecule has 1 heterocycles. The Morgan fingerprint density at radius 1 is 1.05 bits per heavy atom. The van der Waals surface area contributed by atoms with Crippen molar-refractivity contribution in [2.24, 2.45) is 0 Å². The lowest BCUT2D eigenvalue weighted by Gasteiger charge is -2.21. The molecule has 19 heavy (non-hydrogen) atoms. The van der Waals surface area contributed by atoms with Crippen LogP contribution in [0, 0.1) is 0 Å². The van der Waals surface area contributed by atoms with Crippen LogP contribution in [0.5, 0.6) is 0 Å². The Balaban J connectivity index is 2.48. The Bertz CT molecular complexity index is 630. The van der Waals surface area contributed by atoms with Crippen molar-refractivity contribution in [3.8, 4) is 0 Å². The van der Waals surface area contributed by atoms with E-state index in [-0.39, 0.29) is 5.56 Å². The molecule has 0 aliphatic rings. The molecular weight excluding hydrogens is 265 g/mol. The van der Waals surface area contributed by atoms with E-state index in [1.807, 2.05) is 0 Å². The third-order valence-electron chi connectivity index (χ3n) is 2.67. The molecule has 2 rings (SSSR count). The van der Waals surface area contributed by atoms with E-state index in [4.69, 9.17) is 0 Å². The highest BCUT2D eigenvalue weighted by molar-refractivity contribution is 5.83. The highest BCUT2D eigenvalue weighted by Gasteiger charge is 2.59. The number of pyridine rings is 1. The Morgan fingerprint density at radius 3 is 2.32 bits per heavy atom. The molecule has 0 aliphatic carbocycles. The van der Waals surface area contributed by atoms with Crippen LogP contribution in [0.15, 0.2) is 43.1 Å². The zero-order valence-corrected chi connectivity index (χ0v) is 9.51. The van der Waals surface area contributed by atoms with Crippen molar-refractivity contribution in [2.45, 2.75) is 12.1 Å². The Hall–Kier alpha value is -1.98. The maximum Gasteiger partial charge on any atom is 0.458 e. The average molecular weight is 273 g/mol. The van der Waals surface area contributed by atoms with Gasteiger partial charge in [0.1, 0.15) is 0 Å². The summed E-state index contributed by atoms with van der Waals surface area (Å²) < 4.78 is 63.1. The first-order valence-corrected chi connectivity index (χ1v) is 5.22. The first kappa shape index (κ1) is 13.5. The fraction of sp³-hybridized carbons (Fsp3) is 0.154. The van der Waals surface area contributed by atoms with E-state index in [1.165, 1.54) is 6.07 Å². The standard InChI is InChI=1S/C13H8F5N/c1-8(12(14,15)13(16,17)18)10-6-9-4-2-3-5-11(9)19-7-10/h2-7H,1H2. The van der Waals surface area contributed by atoms with Gasteiger partial charge >= 0.3 is 12.1 Å². The number of benzene rings is 1. The van der Waals surface area contributed by atoms with E-state index in [1.54, 1.807) is 24.3 Å². The van der Waals surface area contributed by atoms with Gasteiger partial charge in [-0.15, -0.1) is 0 Å². The molecule has 100 valence electrons. The van der Waals surface area contributed by atoms with Gasteiger partial charge in [0, 0.05) is 22.7 Å². The van der Waals surface area contributed by atoms with E-state index in [0.29, 0.717) is 10.9 Å². The monoisotopic (exact) mass is 273 g/mol. The number of halogens is 5. The largest absolute Gasteiger partial charge is 0.458 e. The van der Waals surface area contributed by atoms with Crippen LogP contribution in [0.1, 0.15) is 5.56 Å². The second-order valence-corrected chi connectivity index (χ2v) is 3.97. The summed E-state index contributed by atoms with van der Waals surface area (Å²) in [7, 11) is 0. The molecule has 6 heteroatoms. The topological polar surface area (TPSA) is 12.9 Å². The first-order valence-electron chi connectivity index (χ1n) is 5.22. The predicted octanol–water partition coefficient (Wildman–Crippen LogP) is 4.45. The van der Waals surface area contributed by atoms with Crippen molar-refractivity contribution in [1.29, 1.82) is 0 Å². The highest BCUT2D eigenvalue weighted by Crippen LogP contribution is 2.44. The van der Waals surface area contributed by atoms with Crippen LogP contribution in [0.2, 0.25) is 0 Å². The molecule has 0 spiro atoms. The molecule has 1 aromatic heterocycles. The number of aromatic nitrogens is 1. The molecule has 0 aliphatic heterocycles. The predicted molar refractivity (Wildman–Crippen MR) is 61.8 cm³/mol. The summed E-state index contributed by atoms with van der Waals surface area (Å²) in [6, 6.07) is 7.74. The number of nitrogens with zero attached hydrogens (tertiary/aromatic N) is 1. The van der Waals surface area contributed by atoms with E-state index < -0.39 is 17.7 Å². The second kappa shape index (κ2) is 4.29. The first-order chi connectivity index (χ1) is 8.73. The van der Waals surface area contributed by atoms with Crippen LogP contribution in [-0.2, 0) is 0 Å². The van der Waals surface area contributed by atoms with Crippen LogP contribution in [0.25, 0.3) is 16.5 Å². The van der Waals surface area contributed by atoms with Gasteiger partial charge in [-0.25, -0.2) is 0 Å². The van der Waals surface area contributed by atoms with E-state index in [2.05, 4.69) is 11.6 Å². The average Bonchev–Trinajstić information content (AvgIpc) is 2.36. The van der Waals surface area contributed by atoms with Crippen LogP contribution in [0.3, 0.4) is 0 Å². The molecule has 0 unspecified atom stereocenters. The molecule has 0 N–H and O–H groups in total. The molecule has 2 aromatic rings. The van der Waals surface area contributed by atoms with Crippen LogP contribution in [-0.4, -0.2) is 17.1 Å². The molecule has 0 atom stereocenters. The summed E-state index contributed by atoms with van der Waals surface area (Å²) >= 11 is 0. The molecule has 0 bridgehead atoms. The quantitative estimate of drug-likeness (QED) is 0.737. The minimum atomic E-state index is -5.67. The van der Waals surface area contributed by atoms with Crippen molar-refractivity contribution >= 4 is 16.5 Å². The molecular formula is C13H8F5N. The zero-order valence-electron chi connectivity index (χ0n) is 9.51. The van der Waals surface area contributed by atoms with Gasteiger partial charge in [-0.1, -0.05) is 24.8 Å². The van der Waals surface area contributed by atoms with Crippen LogP contribution in [0.4, 0.5) is 22.0 Å². The molecule has 1 nitrogen and oxygen atoms in total. The number of alkyl halides is 5. The number of hydrogen-bond donors (Lipinski definition) is 0. The van der Waals surface area contributed by atoms with Gasteiger partial charge in [0.2, 0.25) is 0 Å². The summed E-state index contributed by atoms with van der Waals surface area (Å²) in [5.41, 5.74) is -1.13. The third kappa shape index (κ3) is 2.30. The summed E-state index contributed by atoms with van der Waals surface area (Å²) in [5, 5.41) is 0.471. The molecule has 0 saturated heterocycles. The van der Waals surface area contributed by atoms with Gasteiger partial charge in [0.15, 0.2) is 0 Å². The molecule has 0 fully saturated rings. The Morgan fingerprint density at radius 2 is 1.68 bits per heavy atom. The van der Waals surface area contributed by atoms with Gasteiger partial charge in [-0.3, -0.25) is 4.98 Å². The van der Waals surface area contributed by atoms with Crippen molar-refractivity contribution in [3.63, 3.8) is 0 Å². The highest BCUT2D eigenvalue weighted by atomic mass is 19.4. The number of allylic oxidation sites excluding steroid dienone is 1. The number of para-hydroxylation sites is 1. The summed E-state index contributed by atoms with van der Waals surface area (Å²) in [6.45, 7) is 2.86. The summed E-state index contributed by atoms with van der Waals surface area (Å²) in [6.07, 6.45) is -4.71. The van der Waals surface area contributed by atoms with Gasteiger partial charge in [0.05, 0.1) is 5.52 Å². The van der Waals surface area contributed by atoms with Crippen LogP contribution < -0.4 is 0 Å². The van der Waals surface area contributed by atoms with Gasteiger partial charge < -0.3 is 0 Å². The van der Waals surface area contributed by atoms with E-state index in [0.717, 1.165) is 6.20 Å². The lowest BCUT2D eigenvalue weighted by Crippen LogP contribution is -2.37. The van der Waals surface area contributed by atoms with Crippen molar-refractivity contribution < 1.29 is 22.0 Å². The normalized spacial score (nSPS) is 12.7. The smallest absolute Gasteiger partial charge is 0.256 e. The van der Waals surface area contributed by atoms with Gasteiger partial charge in [-0.05, 0) is 12.1 Å². The van der Waals surface area contributed by atoms with Gasteiger partial charge in [0.25, 0.3) is 0 Å². The SMILES string of the molecule is C=C(c1cnc2ccccc2c1)C(F)(F)C(F)(F)F. The fourth-order valence-corrected chi connectivity index (χ4v) is 1.59. The van der Waals surface area contributed by atoms with E-state index >= 15 is 0 Å². The maximum absolute atomic E-state index is 13.2. The van der Waals surface area contributed by atoms with Gasteiger partial charge in [-0.2, -0.15) is 22.0 Å². The third-order valence-corrected chi connectivity index (χ3v) is 2.67. The summed E-state index contributed by atoms with van der Waals surface area (Å²) in [5.74, 6) is -4.98. The number of rotatable bonds is 2. The maximum atomic E-state index is 13.2. The Labute approximate surface area is 105 Å². The summed E-state index contributed by atoms with van der Waals surface area (Å²) in [4.78, 5) is 3.84. The van der Waals surface area contributed by atoms with Crippen molar-refractivity contribution in [2.75, 3.05) is 0 Å². The van der Waals surface area contributed by atoms with Crippen molar-refractivity contribution in [3.05, 3.63) is 48.7 Å². The lowest BCUT2D eigenvalue weighted by atomic mass is 10.0. The molecule has 1 aromatic carbocycles. The number of hydrogen-bond acceptors (Lipinski definition) is 1. The van der Waals surface area contributed by atoms with Crippen molar-refractivity contribution in [1.82, 2.24) is 4.98 Å². The van der Waals surface area contributed by atoms with Crippen LogP contribution >= 0.6 is 0 Å². The Kier molecular flexibility index (Phi) is 3.04.